The predicted octanol–water partition coefficient (Wildman–Crippen LogP) is 4.60. The number of amides is 1. The Labute approximate surface area is 161 Å². The van der Waals surface area contributed by atoms with Crippen molar-refractivity contribution in [3.05, 3.63) is 54.6 Å². The number of carbonyl (C=O) groups is 1. The van der Waals surface area contributed by atoms with Crippen molar-refractivity contribution in [1.29, 1.82) is 0 Å². The van der Waals surface area contributed by atoms with E-state index >= 15 is 0 Å². The van der Waals surface area contributed by atoms with Gasteiger partial charge in [-0.1, -0.05) is 41.7 Å². The molecule has 0 radical (unpaired) electrons. The van der Waals surface area contributed by atoms with E-state index in [0.29, 0.717) is 12.3 Å². The molecule has 4 nitrogen and oxygen atoms in total. The Morgan fingerprint density at radius 1 is 1.19 bits per heavy atom. The van der Waals surface area contributed by atoms with Crippen molar-refractivity contribution >= 4 is 44.4 Å². The first-order chi connectivity index (χ1) is 12.8. The first-order valence-electron chi connectivity index (χ1n) is 8.75. The third-order valence-corrected chi connectivity index (χ3v) is 6.39. The number of thiazole rings is 1. The molecule has 1 aliphatic rings. The van der Waals surface area contributed by atoms with Crippen LogP contribution in [0, 0.1) is 0 Å². The van der Waals surface area contributed by atoms with Crippen LogP contribution in [0.2, 0.25) is 0 Å². The molecule has 26 heavy (non-hydrogen) atoms. The third kappa shape index (κ3) is 4.09. The number of fused-ring (bicyclic) bond motifs is 1. The van der Waals surface area contributed by atoms with Crippen LogP contribution in [0.4, 0.5) is 5.13 Å². The predicted molar refractivity (Wildman–Crippen MR) is 108 cm³/mol. The Kier molecular flexibility index (Phi) is 5.53. The van der Waals surface area contributed by atoms with Crippen LogP contribution < -0.4 is 4.90 Å². The molecule has 4 rings (SSSR count). The second-order valence-corrected chi connectivity index (χ2v) is 8.26. The zero-order valence-corrected chi connectivity index (χ0v) is 16.0. The molecule has 0 bridgehead atoms. The number of hydrogen-bond acceptors (Lipinski definition) is 5. The zero-order valence-electron chi connectivity index (χ0n) is 14.3. The van der Waals surface area contributed by atoms with E-state index < -0.39 is 0 Å². The summed E-state index contributed by atoms with van der Waals surface area (Å²) in [5.41, 5.74) is 0.938. The molecule has 6 heteroatoms. The topological polar surface area (TPSA) is 42.4 Å². The SMILES string of the molecule is O=C(CSc1ccccc1)N(C[C@@H]1CCCO1)c1nc2ccccc2s1. The van der Waals surface area contributed by atoms with E-state index in [0.717, 1.165) is 39.7 Å². The van der Waals surface area contributed by atoms with Gasteiger partial charge in [-0.15, -0.1) is 11.8 Å². The monoisotopic (exact) mass is 384 g/mol. The lowest BCUT2D eigenvalue weighted by atomic mass is 10.2. The van der Waals surface area contributed by atoms with E-state index in [1.54, 1.807) is 23.1 Å². The van der Waals surface area contributed by atoms with Gasteiger partial charge in [0.15, 0.2) is 5.13 Å². The maximum atomic E-state index is 13.0. The molecule has 1 amide bonds. The summed E-state index contributed by atoms with van der Waals surface area (Å²) in [5, 5.41) is 0.764. The fourth-order valence-corrected chi connectivity index (χ4v) is 4.78. The van der Waals surface area contributed by atoms with Gasteiger partial charge in [0.1, 0.15) is 0 Å². The quantitative estimate of drug-likeness (QED) is 0.583. The van der Waals surface area contributed by atoms with Gasteiger partial charge in [-0.05, 0) is 37.1 Å². The molecule has 0 unspecified atom stereocenters. The van der Waals surface area contributed by atoms with Gasteiger partial charge in [0, 0.05) is 11.5 Å². The van der Waals surface area contributed by atoms with Crippen LogP contribution in [0.5, 0.6) is 0 Å². The van der Waals surface area contributed by atoms with Crippen LogP contribution in [0.1, 0.15) is 12.8 Å². The van der Waals surface area contributed by atoms with Crippen molar-refractivity contribution < 1.29 is 9.53 Å². The highest BCUT2D eigenvalue weighted by Gasteiger charge is 2.26. The molecular weight excluding hydrogens is 364 g/mol. The fraction of sp³-hybridized carbons (Fsp3) is 0.300. The molecular formula is C20H20N2O2S2. The first kappa shape index (κ1) is 17.5. The molecule has 134 valence electrons. The Hall–Kier alpha value is -1.89. The van der Waals surface area contributed by atoms with Crippen molar-refractivity contribution in [2.24, 2.45) is 0 Å². The Bertz CT molecular complexity index is 843. The molecule has 1 saturated heterocycles. The van der Waals surface area contributed by atoms with Crippen molar-refractivity contribution in [3.63, 3.8) is 0 Å². The van der Waals surface area contributed by atoms with E-state index in [1.807, 2.05) is 59.5 Å². The molecule has 2 aromatic carbocycles. The number of benzene rings is 2. The fourth-order valence-electron chi connectivity index (χ4n) is 2.99. The molecule has 0 aliphatic carbocycles. The van der Waals surface area contributed by atoms with Crippen LogP contribution in [0.15, 0.2) is 59.5 Å². The highest BCUT2D eigenvalue weighted by Crippen LogP contribution is 2.30. The average molecular weight is 385 g/mol. The van der Waals surface area contributed by atoms with E-state index in [1.165, 1.54) is 0 Å². The summed E-state index contributed by atoms with van der Waals surface area (Å²) in [7, 11) is 0. The van der Waals surface area contributed by atoms with Gasteiger partial charge in [-0.3, -0.25) is 9.69 Å². The van der Waals surface area contributed by atoms with E-state index in [-0.39, 0.29) is 12.0 Å². The number of carbonyl (C=O) groups excluding carboxylic acids is 1. The largest absolute Gasteiger partial charge is 0.376 e. The van der Waals surface area contributed by atoms with Gasteiger partial charge in [-0.25, -0.2) is 4.98 Å². The van der Waals surface area contributed by atoms with Crippen LogP contribution >= 0.6 is 23.1 Å². The summed E-state index contributed by atoms with van der Waals surface area (Å²) in [6.45, 7) is 1.36. The maximum absolute atomic E-state index is 13.0. The summed E-state index contributed by atoms with van der Waals surface area (Å²) >= 11 is 3.13. The number of para-hydroxylation sites is 1. The van der Waals surface area contributed by atoms with Gasteiger partial charge < -0.3 is 4.74 Å². The maximum Gasteiger partial charge on any atom is 0.239 e. The van der Waals surface area contributed by atoms with E-state index in [4.69, 9.17) is 4.74 Å². The summed E-state index contributed by atoms with van der Waals surface area (Å²) in [5.74, 6) is 0.473. The standard InChI is InChI=1S/C20H20N2O2S2/c23-19(14-25-16-8-2-1-3-9-16)22(13-15-7-6-12-24-15)20-21-17-10-4-5-11-18(17)26-20/h1-5,8-11,15H,6-7,12-14H2/t15-/m0/s1. The van der Waals surface area contributed by atoms with Crippen molar-refractivity contribution in [2.45, 2.75) is 23.8 Å². The van der Waals surface area contributed by atoms with Crippen LogP contribution in [0.3, 0.4) is 0 Å². The minimum atomic E-state index is 0.0772. The minimum Gasteiger partial charge on any atom is -0.376 e. The van der Waals surface area contributed by atoms with E-state index in [9.17, 15) is 4.79 Å². The van der Waals surface area contributed by atoms with Crippen molar-refractivity contribution in [1.82, 2.24) is 4.98 Å². The number of rotatable bonds is 6. The van der Waals surface area contributed by atoms with Gasteiger partial charge in [0.25, 0.3) is 0 Å². The Morgan fingerprint density at radius 2 is 2.00 bits per heavy atom. The number of nitrogens with zero attached hydrogens (tertiary/aromatic N) is 2. The lowest BCUT2D eigenvalue weighted by Gasteiger charge is -2.23. The van der Waals surface area contributed by atoms with Gasteiger partial charge in [-0.2, -0.15) is 0 Å². The Balaban J connectivity index is 1.54. The average Bonchev–Trinajstić information content (AvgIpc) is 3.34. The molecule has 0 spiro atoms. The summed E-state index contributed by atoms with van der Waals surface area (Å²) in [6.07, 6.45) is 2.17. The second kappa shape index (κ2) is 8.20. The summed E-state index contributed by atoms with van der Waals surface area (Å²) in [6, 6.07) is 18.0. The van der Waals surface area contributed by atoms with Gasteiger partial charge >= 0.3 is 0 Å². The summed E-state index contributed by atoms with van der Waals surface area (Å²) < 4.78 is 6.87. The van der Waals surface area contributed by atoms with E-state index in [2.05, 4.69) is 4.98 Å². The highest BCUT2D eigenvalue weighted by molar-refractivity contribution is 8.00. The van der Waals surface area contributed by atoms with Crippen LogP contribution in [0.25, 0.3) is 10.2 Å². The molecule has 0 saturated carbocycles. The zero-order chi connectivity index (χ0) is 17.8. The smallest absolute Gasteiger partial charge is 0.239 e. The highest BCUT2D eigenvalue weighted by atomic mass is 32.2. The number of ether oxygens (including phenoxy) is 1. The van der Waals surface area contributed by atoms with Gasteiger partial charge in [0.05, 0.1) is 28.6 Å². The van der Waals surface area contributed by atoms with Crippen LogP contribution in [-0.4, -0.2) is 35.9 Å². The second-order valence-electron chi connectivity index (χ2n) is 6.21. The van der Waals surface area contributed by atoms with Crippen LogP contribution in [-0.2, 0) is 9.53 Å². The molecule has 1 fully saturated rings. The number of thioether (sulfide) groups is 1. The number of aromatic nitrogens is 1. The molecule has 1 aromatic heterocycles. The molecule has 1 aliphatic heterocycles. The third-order valence-electron chi connectivity index (χ3n) is 4.33. The van der Waals surface area contributed by atoms with Crippen molar-refractivity contribution in [3.8, 4) is 0 Å². The first-order valence-corrected chi connectivity index (χ1v) is 10.6. The minimum absolute atomic E-state index is 0.0772. The molecule has 1 atom stereocenters. The number of hydrogen-bond donors (Lipinski definition) is 0. The van der Waals surface area contributed by atoms with Crippen molar-refractivity contribution in [2.75, 3.05) is 23.8 Å². The summed E-state index contributed by atoms with van der Waals surface area (Å²) in [4.78, 5) is 20.6. The molecule has 0 N–H and O–H groups in total. The molecule has 2 heterocycles. The molecule has 3 aromatic rings. The normalized spacial score (nSPS) is 16.8. The number of anilines is 1. The Morgan fingerprint density at radius 3 is 2.77 bits per heavy atom. The lowest BCUT2D eigenvalue weighted by Crippen LogP contribution is -2.38. The lowest BCUT2D eigenvalue weighted by molar-refractivity contribution is -0.116. The van der Waals surface area contributed by atoms with Gasteiger partial charge in [0.2, 0.25) is 5.91 Å².